The van der Waals surface area contributed by atoms with Gasteiger partial charge in [0.25, 0.3) is 0 Å². The molecule has 110 valence electrons. The minimum atomic E-state index is 0.216. The van der Waals surface area contributed by atoms with Crippen LogP contribution in [0.2, 0.25) is 0 Å². The Morgan fingerprint density at radius 2 is 1.89 bits per heavy atom. The maximum atomic E-state index is 12.4. The molecule has 0 aromatic rings. The van der Waals surface area contributed by atoms with Crippen LogP contribution in [0.3, 0.4) is 0 Å². The van der Waals surface area contributed by atoms with Crippen LogP contribution in [0.5, 0.6) is 0 Å². The van der Waals surface area contributed by atoms with E-state index in [4.69, 9.17) is 5.73 Å². The number of hydrogen-bond donors (Lipinski definition) is 2. The van der Waals surface area contributed by atoms with Crippen LogP contribution in [0, 0.1) is 17.8 Å². The van der Waals surface area contributed by atoms with E-state index < -0.39 is 0 Å². The van der Waals surface area contributed by atoms with Crippen molar-refractivity contribution in [2.75, 3.05) is 6.54 Å². The molecule has 2 fully saturated rings. The number of nitrogens with two attached hydrogens (primary N) is 1. The molecule has 1 amide bonds. The summed E-state index contributed by atoms with van der Waals surface area (Å²) >= 11 is 0. The van der Waals surface area contributed by atoms with Crippen LogP contribution in [0.1, 0.15) is 64.7 Å². The third kappa shape index (κ3) is 4.20. The van der Waals surface area contributed by atoms with Gasteiger partial charge in [0.05, 0.1) is 0 Å². The number of carbonyl (C=O) groups is 1. The van der Waals surface area contributed by atoms with Gasteiger partial charge >= 0.3 is 0 Å². The van der Waals surface area contributed by atoms with Crippen molar-refractivity contribution in [3.8, 4) is 0 Å². The fourth-order valence-corrected chi connectivity index (χ4v) is 3.84. The summed E-state index contributed by atoms with van der Waals surface area (Å²) in [5.74, 6) is 1.77. The highest BCUT2D eigenvalue weighted by Crippen LogP contribution is 2.30. The second kappa shape index (κ2) is 7.28. The molecule has 0 spiro atoms. The van der Waals surface area contributed by atoms with Gasteiger partial charge in [-0.15, -0.1) is 0 Å². The van der Waals surface area contributed by atoms with E-state index in [1.54, 1.807) is 0 Å². The van der Waals surface area contributed by atoms with Crippen LogP contribution < -0.4 is 11.1 Å². The van der Waals surface area contributed by atoms with Gasteiger partial charge < -0.3 is 11.1 Å². The lowest BCUT2D eigenvalue weighted by Crippen LogP contribution is -2.43. The molecule has 3 unspecified atom stereocenters. The molecule has 2 aliphatic rings. The first kappa shape index (κ1) is 14.8. The molecule has 2 aliphatic carbocycles. The van der Waals surface area contributed by atoms with Gasteiger partial charge in [-0.1, -0.05) is 25.7 Å². The number of hydrogen-bond acceptors (Lipinski definition) is 2. The van der Waals surface area contributed by atoms with Crippen molar-refractivity contribution in [1.29, 1.82) is 0 Å². The first-order valence-corrected chi connectivity index (χ1v) is 8.21. The number of carbonyl (C=O) groups excluding carboxylic acids is 1. The van der Waals surface area contributed by atoms with E-state index >= 15 is 0 Å². The lowest BCUT2D eigenvalue weighted by atomic mass is 9.80. The monoisotopic (exact) mass is 266 g/mol. The van der Waals surface area contributed by atoms with E-state index in [0.29, 0.717) is 17.9 Å². The molecule has 3 atom stereocenters. The van der Waals surface area contributed by atoms with Gasteiger partial charge in [0.15, 0.2) is 0 Å². The van der Waals surface area contributed by atoms with Gasteiger partial charge in [0.1, 0.15) is 0 Å². The molecule has 0 radical (unpaired) electrons. The van der Waals surface area contributed by atoms with Crippen LogP contribution in [-0.2, 0) is 4.79 Å². The zero-order valence-electron chi connectivity index (χ0n) is 12.4. The van der Waals surface area contributed by atoms with Crippen molar-refractivity contribution in [3.05, 3.63) is 0 Å². The van der Waals surface area contributed by atoms with Crippen molar-refractivity contribution < 1.29 is 4.79 Å². The Labute approximate surface area is 117 Å². The smallest absolute Gasteiger partial charge is 0.223 e. The Bertz CT molecular complexity index is 286. The van der Waals surface area contributed by atoms with Gasteiger partial charge in [-0.3, -0.25) is 4.79 Å². The quantitative estimate of drug-likeness (QED) is 0.822. The molecule has 0 heterocycles. The molecule has 0 aromatic carbocycles. The highest BCUT2D eigenvalue weighted by atomic mass is 16.1. The van der Waals surface area contributed by atoms with Crippen molar-refractivity contribution in [2.45, 2.75) is 70.8 Å². The SMILES string of the molecule is CC(NC(=O)C1CCCC(CN)C1)C1CCCCC1. The second-order valence-electron chi connectivity index (χ2n) is 6.66. The van der Waals surface area contributed by atoms with E-state index in [2.05, 4.69) is 12.2 Å². The molecule has 0 saturated heterocycles. The van der Waals surface area contributed by atoms with Crippen LogP contribution in [-0.4, -0.2) is 18.5 Å². The van der Waals surface area contributed by atoms with Crippen molar-refractivity contribution in [1.82, 2.24) is 5.32 Å². The Kier molecular flexibility index (Phi) is 5.68. The molecule has 3 heteroatoms. The molecule has 3 N–H and O–H groups in total. The topological polar surface area (TPSA) is 55.1 Å². The minimum Gasteiger partial charge on any atom is -0.353 e. The lowest BCUT2D eigenvalue weighted by Gasteiger charge is -2.32. The van der Waals surface area contributed by atoms with Gasteiger partial charge in [-0.25, -0.2) is 0 Å². The van der Waals surface area contributed by atoms with E-state index in [1.165, 1.54) is 38.5 Å². The van der Waals surface area contributed by atoms with Crippen molar-refractivity contribution >= 4 is 5.91 Å². The highest BCUT2D eigenvalue weighted by Gasteiger charge is 2.29. The number of amides is 1. The van der Waals surface area contributed by atoms with Gasteiger partial charge in [-0.2, -0.15) is 0 Å². The summed E-state index contributed by atoms with van der Waals surface area (Å²) in [6.07, 6.45) is 11.1. The third-order valence-electron chi connectivity index (χ3n) is 5.21. The zero-order chi connectivity index (χ0) is 13.7. The van der Waals surface area contributed by atoms with Crippen LogP contribution >= 0.6 is 0 Å². The maximum Gasteiger partial charge on any atom is 0.223 e. The van der Waals surface area contributed by atoms with Crippen molar-refractivity contribution in [2.24, 2.45) is 23.5 Å². The molecule has 0 aromatic heterocycles. The van der Waals surface area contributed by atoms with Gasteiger partial charge in [0, 0.05) is 12.0 Å². The molecule has 3 nitrogen and oxygen atoms in total. The Hall–Kier alpha value is -0.570. The summed E-state index contributed by atoms with van der Waals surface area (Å²) < 4.78 is 0. The van der Waals surface area contributed by atoms with Crippen LogP contribution in [0.25, 0.3) is 0 Å². The minimum absolute atomic E-state index is 0.216. The standard InChI is InChI=1S/C16H30N2O/c1-12(14-7-3-2-4-8-14)18-16(19)15-9-5-6-13(10-15)11-17/h12-15H,2-11,17H2,1H3,(H,18,19). The normalized spacial score (nSPS) is 30.8. The Morgan fingerprint density at radius 3 is 2.58 bits per heavy atom. The highest BCUT2D eigenvalue weighted by molar-refractivity contribution is 5.79. The predicted molar refractivity (Wildman–Crippen MR) is 78.7 cm³/mol. The number of rotatable bonds is 4. The Morgan fingerprint density at radius 1 is 1.16 bits per heavy atom. The summed E-state index contributed by atoms with van der Waals surface area (Å²) in [5, 5.41) is 3.28. The fraction of sp³-hybridized carbons (Fsp3) is 0.938. The zero-order valence-corrected chi connectivity index (χ0v) is 12.4. The molecular formula is C16H30N2O. The summed E-state index contributed by atoms with van der Waals surface area (Å²) in [4.78, 5) is 12.4. The average molecular weight is 266 g/mol. The maximum absolute atomic E-state index is 12.4. The first-order chi connectivity index (χ1) is 9.20. The summed E-state index contributed by atoms with van der Waals surface area (Å²) in [5.41, 5.74) is 5.75. The number of nitrogens with one attached hydrogen (secondary N) is 1. The third-order valence-corrected chi connectivity index (χ3v) is 5.21. The summed E-state index contributed by atoms with van der Waals surface area (Å²) in [6, 6.07) is 0.353. The first-order valence-electron chi connectivity index (χ1n) is 8.21. The Balaban J connectivity index is 1.79. The fourth-order valence-electron chi connectivity index (χ4n) is 3.84. The summed E-state index contributed by atoms with van der Waals surface area (Å²) in [6.45, 7) is 2.93. The van der Waals surface area contributed by atoms with Crippen molar-refractivity contribution in [3.63, 3.8) is 0 Å². The predicted octanol–water partition coefficient (Wildman–Crippen LogP) is 2.84. The molecule has 0 aliphatic heterocycles. The molecular weight excluding hydrogens is 236 g/mol. The van der Waals surface area contributed by atoms with E-state index in [-0.39, 0.29) is 11.8 Å². The van der Waals surface area contributed by atoms with E-state index in [9.17, 15) is 4.79 Å². The molecule has 0 bridgehead atoms. The second-order valence-corrected chi connectivity index (χ2v) is 6.66. The molecule has 2 rings (SSSR count). The largest absolute Gasteiger partial charge is 0.353 e. The molecule has 19 heavy (non-hydrogen) atoms. The van der Waals surface area contributed by atoms with Crippen LogP contribution in [0.15, 0.2) is 0 Å². The van der Waals surface area contributed by atoms with E-state index in [1.807, 2.05) is 0 Å². The van der Waals surface area contributed by atoms with Gasteiger partial charge in [0.2, 0.25) is 5.91 Å². The average Bonchev–Trinajstić information content (AvgIpc) is 2.48. The van der Waals surface area contributed by atoms with E-state index in [0.717, 1.165) is 25.8 Å². The van der Waals surface area contributed by atoms with Crippen LogP contribution in [0.4, 0.5) is 0 Å². The molecule has 2 saturated carbocycles. The summed E-state index contributed by atoms with van der Waals surface area (Å²) in [7, 11) is 0. The lowest BCUT2D eigenvalue weighted by molar-refractivity contribution is -0.127. The van der Waals surface area contributed by atoms with Gasteiger partial charge in [-0.05, 0) is 57.4 Å².